The van der Waals surface area contributed by atoms with Crippen molar-refractivity contribution in [2.45, 2.75) is 13.8 Å². The lowest BCUT2D eigenvalue weighted by Gasteiger charge is -2.12. The van der Waals surface area contributed by atoms with Gasteiger partial charge in [-0.2, -0.15) is 4.98 Å². The number of hydrogen-bond donors (Lipinski definition) is 1. The first kappa shape index (κ1) is 18.0. The van der Waals surface area contributed by atoms with Crippen molar-refractivity contribution in [2.24, 2.45) is 0 Å². The molecule has 0 spiro atoms. The number of methoxy groups -OCH3 is 1. The van der Waals surface area contributed by atoms with E-state index in [9.17, 15) is 4.79 Å². The van der Waals surface area contributed by atoms with Gasteiger partial charge in [0.2, 0.25) is 5.88 Å². The Labute approximate surface area is 148 Å². The summed E-state index contributed by atoms with van der Waals surface area (Å²) in [5.41, 5.74) is 0.783. The number of nitrogens with one attached hydrogen (secondary N) is 1. The van der Waals surface area contributed by atoms with Gasteiger partial charge in [-0.1, -0.05) is 0 Å². The van der Waals surface area contributed by atoms with Crippen molar-refractivity contribution in [1.82, 2.24) is 9.97 Å². The maximum Gasteiger partial charge on any atom is 0.319 e. The quantitative estimate of drug-likeness (QED) is 0.774. The molecule has 0 fully saturated rings. The predicted molar refractivity (Wildman–Crippen MR) is 93.0 cm³/mol. The lowest BCUT2D eigenvalue weighted by molar-refractivity contribution is 0.102. The molecule has 0 radical (unpaired) electrons. The number of amides is 1. The Morgan fingerprint density at radius 3 is 2.67 bits per heavy atom. The number of anilines is 1. The summed E-state index contributed by atoms with van der Waals surface area (Å²) in [4.78, 5) is 20.7. The molecule has 2 rings (SSSR count). The Kier molecular flexibility index (Phi) is 6.36. The molecule has 1 amide bonds. The van der Waals surface area contributed by atoms with Crippen LogP contribution >= 0.6 is 15.9 Å². The van der Waals surface area contributed by atoms with Crippen LogP contribution in [0.5, 0.6) is 17.6 Å². The molecule has 0 bridgehead atoms. The van der Waals surface area contributed by atoms with Gasteiger partial charge in [0.05, 0.1) is 32.1 Å². The van der Waals surface area contributed by atoms with Gasteiger partial charge in [0, 0.05) is 4.47 Å². The fraction of sp³-hybridized carbons (Fsp3) is 0.312. The van der Waals surface area contributed by atoms with Gasteiger partial charge < -0.3 is 19.5 Å². The van der Waals surface area contributed by atoms with Crippen molar-refractivity contribution < 1.29 is 19.0 Å². The molecule has 128 valence electrons. The van der Waals surface area contributed by atoms with Gasteiger partial charge in [-0.3, -0.25) is 4.79 Å². The van der Waals surface area contributed by atoms with E-state index < -0.39 is 0 Å². The van der Waals surface area contributed by atoms with Crippen LogP contribution in [0.3, 0.4) is 0 Å². The number of hydrogen-bond acceptors (Lipinski definition) is 6. The summed E-state index contributed by atoms with van der Waals surface area (Å²) >= 11 is 3.36. The Bertz CT molecular complexity index is 724. The van der Waals surface area contributed by atoms with Gasteiger partial charge >= 0.3 is 6.01 Å². The minimum absolute atomic E-state index is 0.196. The van der Waals surface area contributed by atoms with E-state index in [4.69, 9.17) is 14.2 Å². The van der Waals surface area contributed by atoms with E-state index in [0.29, 0.717) is 34.7 Å². The molecule has 0 unspecified atom stereocenters. The van der Waals surface area contributed by atoms with Crippen LogP contribution in [0.15, 0.2) is 28.9 Å². The first-order valence-electron chi connectivity index (χ1n) is 7.36. The molecular formula is C16H18BrN3O4. The predicted octanol–water partition coefficient (Wildman–Crippen LogP) is 3.30. The monoisotopic (exact) mass is 395 g/mol. The molecule has 0 aliphatic heterocycles. The van der Waals surface area contributed by atoms with Gasteiger partial charge in [0.25, 0.3) is 5.91 Å². The van der Waals surface area contributed by atoms with E-state index in [0.717, 1.165) is 0 Å². The molecule has 1 aromatic carbocycles. The molecule has 7 nitrogen and oxygen atoms in total. The van der Waals surface area contributed by atoms with Crippen LogP contribution in [0, 0.1) is 0 Å². The zero-order chi connectivity index (χ0) is 17.5. The van der Waals surface area contributed by atoms with Crippen LogP contribution in [-0.4, -0.2) is 36.2 Å². The summed E-state index contributed by atoms with van der Waals surface area (Å²) < 4.78 is 16.5. The van der Waals surface area contributed by atoms with Crippen molar-refractivity contribution in [2.75, 3.05) is 25.6 Å². The number of carbonyl (C=O) groups excluding carboxylic acids is 1. The van der Waals surface area contributed by atoms with Gasteiger partial charge in [-0.25, -0.2) is 4.98 Å². The molecule has 8 heteroatoms. The van der Waals surface area contributed by atoms with Crippen LogP contribution in [0.4, 0.5) is 5.69 Å². The fourth-order valence-electron chi connectivity index (χ4n) is 1.88. The highest BCUT2D eigenvalue weighted by molar-refractivity contribution is 9.10. The van der Waals surface area contributed by atoms with Crippen molar-refractivity contribution in [3.63, 3.8) is 0 Å². The average molecular weight is 396 g/mol. The van der Waals surface area contributed by atoms with E-state index in [1.165, 1.54) is 6.20 Å². The number of ether oxygens (including phenoxy) is 3. The minimum Gasteiger partial charge on any atom is -0.497 e. The van der Waals surface area contributed by atoms with E-state index in [-0.39, 0.29) is 17.8 Å². The molecule has 0 aliphatic carbocycles. The highest BCUT2D eigenvalue weighted by Gasteiger charge is 2.16. The summed E-state index contributed by atoms with van der Waals surface area (Å²) in [5, 5.41) is 2.74. The Balaban J connectivity index is 2.28. The van der Waals surface area contributed by atoms with Gasteiger partial charge in [-0.15, -0.1) is 0 Å². The number of nitrogens with zero attached hydrogens (tertiary/aromatic N) is 2. The molecule has 0 atom stereocenters. The SMILES string of the molecule is CCOc1ncc(NC(=O)c2cc(OC)ccc2Br)c(OCC)n1. The third kappa shape index (κ3) is 4.35. The van der Waals surface area contributed by atoms with Gasteiger partial charge in [0.1, 0.15) is 11.4 Å². The zero-order valence-electron chi connectivity index (χ0n) is 13.6. The van der Waals surface area contributed by atoms with Crippen molar-refractivity contribution in [1.29, 1.82) is 0 Å². The van der Waals surface area contributed by atoms with Gasteiger partial charge in [0.15, 0.2) is 0 Å². The van der Waals surface area contributed by atoms with Crippen molar-refractivity contribution in [3.8, 4) is 17.6 Å². The lowest BCUT2D eigenvalue weighted by atomic mass is 10.2. The highest BCUT2D eigenvalue weighted by Crippen LogP contribution is 2.27. The second kappa shape index (κ2) is 8.49. The fourth-order valence-corrected chi connectivity index (χ4v) is 2.30. The Hall–Kier alpha value is -2.35. The number of halogens is 1. The van der Waals surface area contributed by atoms with E-state index in [2.05, 4.69) is 31.2 Å². The molecule has 1 aromatic heterocycles. The van der Waals surface area contributed by atoms with Gasteiger partial charge in [-0.05, 0) is 48.0 Å². The minimum atomic E-state index is -0.338. The topological polar surface area (TPSA) is 82.6 Å². The first-order chi connectivity index (χ1) is 11.6. The summed E-state index contributed by atoms with van der Waals surface area (Å²) in [6.07, 6.45) is 1.45. The average Bonchev–Trinajstić information content (AvgIpc) is 2.58. The molecule has 0 saturated carbocycles. The standard InChI is InChI=1S/C16H18BrN3O4/c1-4-23-15-13(9-18-16(20-15)24-5-2)19-14(21)11-8-10(22-3)6-7-12(11)17/h6-9H,4-5H2,1-3H3,(H,19,21). The molecular weight excluding hydrogens is 378 g/mol. The van der Waals surface area contributed by atoms with Crippen LogP contribution in [0.1, 0.15) is 24.2 Å². The van der Waals surface area contributed by atoms with Crippen molar-refractivity contribution >= 4 is 27.5 Å². The summed E-state index contributed by atoms with van der Waals surface area (Å²) in [6.45, 7) is 4.49. The highest BCUT2D eigenvalue weighted by atomic mass is 79.9. The van der Waals surface area contributed by atoms with E-state index >= 15 is 0 Å². The van der Waals surface area contributed by atoms with Crippen LogP contribution in [-0.2, 0) is 0 Å². The molecule has 0 saturated heterocycles. The summed E-state index contributed by atoms with van der Waals surface area (Å²) in [7, 11) is 1.54. The lowest BCUT2D eigenvalue weighted by Crippen LogP contribution is -2.15. The Morgan fingerprint density at radius 1 is 1.25 bits per heavy atom. The molecule has 0 aliphatic rings. The molecule has 1 N–H and O–H groups in total. The van der Waals surface area contributed by atoms with Crippen LogP contribution < -0.4 is 19.5 Å². The van der Waals surface area contributed by atoms with Crippen LogP contribution in [0.2, 0.25) is 0 Å². The summed E-state index contributed by atoms with van der Waals surface area (Å²) in [6, 6.07) is 5.33. The Morgan fingerprint density at radius 2 is 2.00 bits per heavy atom. The number of benzene rings is 1. The first-order valence-corrected chi connectivity index (χ1v) is 8.15. The normalized spacial score (nSPS) is 10.2. The zero-order valence-corrected chi connectivity index (χ0v) is 15.2. The second-order valence-corrected chi connectivity index (χ2v) is 5.39. The van der Waals surface area contributed by atoms with Crippen molar-refractivity contribution in [3.05, 3.63) is 34.4 Å². The molecule has 24 heavy (non-hydrogen) atoms. The third-order valence-corrected chi connectivity index (χ3v) is 3.64. The third-order valence-electron chi connectivity index (χ3n) is 2.95. The maximum atomic E-state index is 12.5. The number of rotatable bonds is 7. The largest absolute Gasteiger partial charge is 0.497 e. The maximum absolute atomic E-state index is 12.5. The molecule has 1 heterocycles. The second-order valence-electron chi connectivity index (χ2n) is 4.54. The van der Waals surface area contributed by atoms with E-state index in [1.54, 1.807) is 25.3 Å². The van der Waals surface area contributed by atoms with E-state index in [1.807, 2.05) is 13.8 Å². The van der Waals surface area contributed by atoms with Crippen LogP contribution in [0.25, 0.3) is 0 Å². The number of carbonyl (C=O) groups is 1. The number of aromatic nitrogens is 2. The molecule has 2 aromatic rings. The smallest absolute Gasteiger partial charge is 0.319 e. The summed E-state index contributed by atoms with van der Waals surface area (Å²) in [5.74, 6) is 0.495.